The second-order valence-electron chi connectivity index (χ2n) is 6.07. The van der Waals surface area contributed by atoms with Gasteiger partial charge in [-0.05, 0) is 30.5 Å². The molecule has 0 aliphatic rings. The lowest BCUT2D eigenvalue weighted by atomic mass is 10.3. The molecule has 0 fully saturated rings. The van der Waals surface area contributed by atoms with Crippen molar-refractivity contribution in [1.29, 1.82) is 0 Å². The first kappa shape index (κ1) is 23.7. The van der Waals surface area contributed by atoms with Gasteiger partial charge in [0.05, 0.1) is 13.0 Å². The maximum absolute atomic E-state index is 12.1. The van der Waals surface area contributed by atoms with Gasteiger partial charge in [-0.1, -0.05) is 23.1 Å². The van der Waals surface area contributed by atoms with Crippen LogP contribution >= 0.6 is 23.1 Å². The predicted molar refractivity (Wildman–Crippen MR) is 124 cm³/mol. The summed E-state index contributed by atoms with van der Waals surface area (Å²) in [6.45, 7) is 1.80. The number of rotatable bonds is 9. The first-order chi connectivity index (χ1) is 15.5. The normalized spacial score (nSPS) is 11.8. The molecule has 2 N–H and O–H groups in total. The molecule has 168 valence electrons. The number of benzene rings is 1. The molecule has 0 radical (unpaired) electrons. The van der Waals surface area contributed by atoms with Gasteiger partial charge in [-0.3, -0.25) is 9.16 Å². The van der Waals surface area contributed by atoms with Crippen LogP contribution in [0.3, 0.4) is 0 Å². The van der Waals surface area contributed by atoms with E-state index in [1.165, 1.54) is 11.8 Å². The van der Waals surface area contributed by atoms with Crippen LogP contribution in [0.2, 0.25) is 0 Å². The zero-order valence-corrected chi connectivity index (χ0v) is 19.3. The second-order valence-corrected chi connectivity index (χ2v) is 9.25. The summed E-state index contributed by atoms with van der Waals surface area (Å²) in [5, 5.41) is 14.6. The molecule has 0 aliphatic heterocycles. The van der Waals surface area contributed by atoms with Gasteiger partial charge in [0.25, 0.3) is 0 Å². The maximum atomic E-state index is 12.1. The molecule has 3 rings (SSSR count). The van der Waals surface area contributed by atoms with E-state index < -0.39 is 22.7 Å². The van der Waals surface area contributed by atoms with Crippen molar-refractivity contribution in [1.82, 2.24) is 9.97 Å². The summed E-state index contributed by atoms with van der Waals surface area (Å²) in [7, 11) is -1.86. The van der Waals surface area contributed by atoms with Crippen molar-refractivity contribution in [2.75, 3.05) is 17.7 Å². The lowest BCUT2D eigenvalue weighted by Crippen LogP contribution is -2.01. The molecule has 0 aliphatic carbocycles. The molecule has 2 aromatic heterocycles. The first-order valence-electron chi connectivity index (χ1n) is 9.39. The number of aliphatic carboxylic acids is 1. The molecule has 1 amide bonds. The molecule has 3 aromatic rings. The Morgan fingerprint density at radius 1 is 1.28 bits per heavy atom. The van der Waals surface area contributed by atoms with Gasteiger partial charge in [0.2, 0.25) is 5.95 Å². The van der Waals surface area contributed by atoms with E-state index >= 15 is 0 Å². The molecule has 1 aromatic carbocycles. The number of aromatic nitrogens is 2. The van der Waals surface area contributed by atoms with Crippen molar-refractivity contribution in [3.8, 4) is 10.4 Å². The number of anilines is 2. The largest absolute Gasteiger partial charge is 0.481 e. The van der Waals surface area contributed by atoms with Crippen LogP contribution in [-0.2, 0) is 24.3 Å². The van der Waals surface area contributed by atoms with Gasteiger partial charge in [-0.25, -0.2) is 14.8 Å². The van der Waals surface area contributed by atoms with E-state index in [1.807, 2.05) is 17.5 Å². The Bertz CT molecular complexity index is 1160. The summed E-state index contributed by atoms with van der Waals surface area (Å²) in [6, 6.07) is 10.4. The van der Waals surface area contributed by atoms with Gasteiger partial charge in [0, 0.05) is 28.1 Å². The van der Waals surface area contributed by atoms with Crippen LogP contribution in [0.4, 0.5) is 16.4 Å². The number of carbonyl (C=O) groups excluding carboxylic acids is 1. The maximum Gasteiger partial charge on any atom is 0.410 e. The molecule has 0 spiro atoms. The molecule has 9 nitrogen and oxygen atoms in total. The second kappa shape index (κ2) is 11.6. The van der Waals surface area contributed by atoms with E-state index in [2.05, 4.69) is 24.4 Å². The van der Waals surface area contributed by atoms with E-state index in [4.69, 9.17) is 5.11 Å². The summed E-state index contributed by atoms with van der Waals surface area (Å²) in [5.74, 6) is -0.141. The summed E-state index contributed by atoms with van der Waals surface area (Å²) in [5.41, 5.74) is 1.49. The van der Waals surface area contributed by atoms with E-state index in [0.717, 1.165) is 10.4 Å². The Labute approximate surface area is 194 Å². The molecule has 2 heterocycles. The Morgan fingerprint density at radius 3 is 2.72 bits per heavy atom. The fraction of sp³-hybridized carbons (Fsp3) is 0.200. The van der Waals surface area contributed by atoms with Gasteiger partial charge in [0.1, 0.15) is 5.03 Å². The minimum absolute atomic E-state index is 0.0246. The minimum atomic E-state index is -1.86. The smallest absolute Gasteiger partial charge is 0.410 e. The fourth-order valence-electron chi connectivity index (χ4n) is 2.43. The molecule has 32 heavy (non-hydrogen) atoms. The number of carboxylic acid groups (broad SMARTS) is 1. The third-order valence-electron chi connectivity index (χ3n) is 3.83. The highest BCUT2D eigenvalue weighted by Crippen LogP contribution is 2.33. The number of ether oxygens (including phenoxy) is 1. The van der Waals surface area contributed by atoms with E-state index in [9.17, 15) is 13.8 Å². The van der Waals surface area contributed by atoms with Crippen LogP contribution < -0.4 is 5.32 Å². The van der Waals surface area contributed by atoms with Crippen LogP contribution in [0.25, 0.3) is 10.4 Å². The fourth-order valence-corrected chi connectivity index (χ4v) is 4.83. The number of thiophene rings is 1. The molecule has 0 saturated heterocycles. The average molecular weight is 492 g/mol. The Balaban J connectivity index is 1.77. The number of carbonyl (C=O) groups is 2. The minimum Gasteiger partial charge on any atom is -0.481 e. The highest BCUT2D eigenvalue weighted by Gasteiger charge is 2.12. The van der Waals surface area contributed by atoms with Crippen molar-refractivity contribution in [3.63, 3.8) is 0 Å². The number of carboxylic acids is 1. The van der Waals surface area contributed by atoms with Gasteiger partial charge < -0.3 is 19.4 Å². The van der Waals surface area contributed by atoms with E-state index in [0.29, 0.717) is 27.3 Å². The summed E-state index contributed by atoms with van der Waals surface area (Å²) < 4.78 is 20.2. The molecular formula is C20H19N4O5S3-. The third-order valence-corrected chi connectivity index (χ3v) is 6.72. The zero-order chi connectivity index (χ0) is 22.9. The molecule has 0 unspecified atom stereocenters. The number of hydrogen-bond donors (Lipinski definition) is 2. The highest BCUT2D eigenvalue weighted by molar-refractivity contribution is 7.99. The standard InChI is InChI=1S/C20H19N4O5S3/c1-2-29-20(27)24-32(28)14-7-5-13(6-8-14)22-19-21-12-15(16-4-3-10-30-16)18(23-19)31-11-9-17(25)26/h3-8,10,12H,2,9,11H2,1H3,(H,25,26)(H,21,22,23)/q-1. The molecule has 0 atom stereocenters. The quantitative estimate of drug-likeness (QED) is 0.236. The van der Waals surface area contributed by atoms with Crippen LogP contribution in [0.1, 0.15) is 13.3 Å². The van der Waals surface area contributed by atoms with Crippen molar-refractivity contribution < 1.29 is 23.6 Å². The van der Waals surface area contributed by atoms with Crippen LogP contribution in [0.15, 0.2) is 62.3 Å². The van der Waals surface area contributed by atoms with Crippen molar-refractivity contribution >= 4 is 57.4 Å². The molecule has 0 saturated carbocycles. The Kier molecular flexibility index (Phi) is 8.59. The number of hydrogen-bond acceptors (Lipinski definition) is 10. The van der Waals surface area contributed by atoms with E-state index in [1.54, 1.807) is 48.7 Å². The summed E-state index contributed by atoms with van der Waals surface area (Å²) in [6.07, 6.45) is 0.850. The van der Waals surface area contributed by atoms with E-state index in [-0.39, 0.29) is 13.0 Å². The zero-order valence-electron chi connectivity index (χ0n) is 16.9. The average Bonchev–Trinajstić information content (AvgIpc) is 3.29. The predicted octanol–water partition coefficient (Wildman–Crippen LogP) is 5.18. The van der Waals surface area contributed by atoms with Crippen molar-refractivity contribution in [2.45, 2.75) is 23.3 Å². The van der Waals surface area contributed by atoms with Crippen LogP contribution in [-0.4, -0.2) is 39.5 Å². The van der Waals surface area contributed by atoms with Crippen LogP contribution in [0.5, 0.6) is 0 Å². The number of amides is 1. The topological polar surface area (TPSA) is 131 Å². The highest BCUT2D eigenvalue weighted by atomic mass is 32.2. The lowest BCUT2D eigenvalue weighted by Gasteiger charge is -2.11. The van der Waals surface area contributed by atoms with Gasteiger partial charge in [0.15, 0.2) is 0 Å². The monoisotopic (exact) mass is 491 g/mol. The Hall–Kier alpha value is -2.96. The number of nitrogens with zero attached hydrogens (tertiary/aromatic N) is 3. The van der Waals surface area contributed by atoms with Gasteiger partial charge >= 0.3 is 12.1 Å². The van der Waals surface area contributed by atoms with Gasteiger partial charge in [-0.2, -0.15) is 0 Å². The molecule has 0 bridgehead atoms. The summed E-state index contributed by atoms with van der Waals surface area (Å²) >= 11 is 2.90. The molecule has 12 heteroatoms. The SMILES string of the molecule is CCOC(=O)N=[S-](=O)c1ccc(Nc2ncc(-c3cccs3)c(SCCC(=O)O)n2)cc1. The van der Waals surface area contributed by atoms with Crippen molar-refractivity contribution in [3.05, 3.63) is 48.0 Å². The Morgan fingerprint density at radius 2 is 2.06 bits per heavy atom. The molecular weight excluding hydrogens is 472 g/mol. The van der Waals surface area contributed by atoms with Gasteiger partial charge in [-0.15, -0.1) is 33.7 Å². The number of thioether (sulfide) groups is 1. The number of nitrogens with one attached hydrogen (secondary N) is 1. The lowest BCUT2D eigenvalue weighted by molar-refractivity contribution is -0.136. The van der Waals surface area contributed by atoms with Crippen LogP contribution in [0, 0.1) is 0 Å². The third kappa shape index (κ3) is 6.77. The summed E-state index contributed by atoms with van der Waals surface area (Å²) in [4.78, 5) is 32.5. The first-order valence-corrected chi connectivity index (χ1v) is 12.4. The van der Waals surface area contributed by atoms with Crippen molar-refractivity contribution in [2.24, 2.45) is 4.36 Å².